The highest BCUT2D eigenvalue weighted by molar-refractivity contribution is 9.10. The van der Waals surface area contributed by atoms with Gasteiger partial charge < -0.3 is 16.0 Å². The zero-order valence-corrected chi connectivity index (χ0v) is 16.3. The number of benzene rings is 1. The fourth-order valence-electron chi connectivity index (χ4n) is 2.06. The van der Waals surface area contributed by atoms with E-state index in [-0.39, 0.29) is 12.5 Å². The van der Waals surface area contributed by atoms with E-state index in [0.717, 1.165) is 15.7 Å². The number of amides is 1. The summed E-state index contributed by atoms with van der Waals surface area (Å²) in [7, 11) is 1.69. The number of anilines is 1. The second kappa shape index (κ2) is 8.84. The number of carbonyl (C=O) groups is 1. The Kier molecular flexibility index (Phi) is 6.81. The van der Waals surface area contributed by atoms with E-state index in [4.69, 9.17) is 0 Å². The van der Waals surface area contributed by atoms with Crippen LogP contribution >= 0.6 is 27.3 Å². The Labute approximate surface area is 154 Å². The summed E-state index contributed by atoms with van der Waals surface area (Å²) in [6.07, 6.45) is 0. The van der Waals surface area contributed by atoms with Crippen LogP contribution in [0.4, 0.5) is 5.69 Å². The minimum atomic E-state index is -0.119. The number of carbonyl (C=O) groups excluding carboxylic acids is 1. The van der Waals surface area contributed by atoms with Crippen molar-refractivity contribution in [1.82, 2.24) is 10.6 Å². The van der Waals surface area contributed by atoms with Gasteiger partial charge in [-0.25, -0.2) is 0 Å². The molecule has 0 spiro atoms. The van der Waals surface area contributed by atoms with Gasteiger partial charge in [-0.1, -0.05) is 22.0 Å². The third kappa shape index (κ3) is 5.35. The van der Waals surface area contributed by atoms with Crippen LogP contribution < -0.4 is 16.0 Å². The Morgan fingerprint density at radius 1 is 1.21 bits per heavy atom. The Hall–Kier alpha value is -1.86. The number of aryl methyl sites for hydroxylation is 2. The van der Waals surface area contributed by atoms with Gasteiger partial charge in [0.15, 0.2) is 5.96 Å². The Balaban J connectivity index is 1.83. The quantitative estimate of drug-likeness (QED) is 0.524. The molecule has 7 heteroatoms. The normalized spacial score (nSPS) is 11.2. The van der Waals surface area contributed by atoms with Crippen LogP contribution in [0.3, 0.4) is 0 Å². The Morgan fingerprint density at radius 3 is 2.67 bits per heavy atom. The van der Waals surface area contributed by atoms with E-state index in [2.05, 4.69) is 55.2 Å². The number of halogens is 1. The zero-order valence-electron chi connectivity index (χ0n) is 13.9. The highest BCUT2D eigenvalue weighted by atomic mass is 79.9. The van der Waals surface area contributed by atoms with Gasteiger partial charge in [-0.2, -0.15) is 0 Å². The SMILES string of the molecule is CN=C(NCC(=O)Nc1cc(Br)ccc1C)NCc1sccc1C. The first-order chi connectivity index (χ1) is 11.5. The van der Waals surface area contributed by atoms with Crippen LogP contribution in [0, 0.1) is 13.8 Å². The van der Waals surface area contributed by atoms with E-state index in [9.17, 15) is 4.79 Å². The molecule has 0 atom stereocenters. The molecule has 0 radical (unpaired) electrons. The van der Waals surface area contributed by atoms with Crippen molar-refractivity contribution in [2.45, 2.75) is 20.4 Å². The summed E-state index contributed by atoms with van der Waals surface area (Å²) >= 11 is 5.11. The van der Waals surface area contributed by atoms with Crippen molar-refractivity contribution >= 4 is 44.8 Å². The summed E-state index contributed by atoms with van der Waals surface area (Å²) in [5, 5.41) is 11.2. The van der Waals surface area contributed by atoms with Crippen molar-refractivity contribution in [3.05, 3.63) is 50.1 Å². The van der Waals surface area contributed by atoms with Gasteiger partial charge in [-0.3, -0.25) is 9.79 Å². The van der Waals surface area contributed by atoms with Crippen molar-refractivity contribution in [1.29, 1.82) is 0 Å². The van der Waals surface area contributed by atoms with Gasteiger partial charge in [0, 0.05) is 22.1 Å². The predicted molar refractivity (Wildman–Crippen MR) is 105 cm³/mol. The molecule has 0 aliphatic rings. The van der Waals surface area contributed by atoms with Gasteiger partial charge in [0.2, 0.25) is 5.91 Å². The minimum Gasteiger partial charge on any atom is -0.352 e. The average Bonchev–Trinajstić information content (AvgIpc) is 2.96. The van der Waals surface area contributed by atoms with Gasteiger partial charge in [0.1, 0.15) is 0 Å². The molecule has 0 aliphatic carbocycles. The fourth-order valence-corrected chi connectivity index (χ4v) is 3.26. The monoisotopic (exact) mass is 408 g/mol. The molecular weight excluding hydrogens is 388 g/mol. The number of nitrogens with zero attached hydrogens (tertiary/aromatic N) is 1. The first-order valence-corrected chi connectivity index (χ1v) is 9.20. The number of thiophene rings is 1. The number of aliphatic imine (C=N–C) groups is 1. The lowest BCUT2D eigenvalue weighted by Gasteiger charge is -2.13. The Bertz CT molecular complexity index is 742. The molecular formula is C17H21BrN4OS. The number of rotatable bonds is 5. The van der Waals surface area contributed by atoms with E-state index >= 15 is 0 Å². The molecule has 24 heavy (non-hydrogen) atoms. The molecule has 0 fully saturated rings. The number of hydrogen-bond donors (Lipinski definition) is 3. The van der Waals surface area contributed by atoms with Crippen LogP contribution in [-0.2, 0) is 11.3 Å². The van der Waals surface area contributed by atoms with Crippen LogP contribution in [0.25, 0.3) is 0 Å². The molecule has 1 aromatic heterocycles. The van der Waals surface area contributed by atoms with E-state index in [1.165, 1.54) is 10.4 Å². The molecule has 3 N–H and O–H groups in total. The topological polar surface area (TPSA) is 65.5 Å². The van der Waals surface area contributed by atoms with Crippen LogP contribution in [0.1, 0.15) is 16.0 Å². The highest BCUT2D eigenvalue weighted by Crippen LogP contribution is 2.20. The highest BCUT2D eigenvalue weighted by Gasteiger charge is 2.07. The van der Waals surface area contributed by atoms with Crippen LogP contribution in [-0.4, -0.2) is 25.5 Å². The molecule has 0 aliphatic heterocycles. The lowest BCUT2D eigenvalue weighted by Crippen LogP contribution is -2.41. The summed E-state index contributed by atoms with van der Waals surface area (Å²) < 4.78 is 0.931. The van der Waals surface area contributed by atoms with Crippen molar-refractivity contribution in [3.63, 3.8) is 0 Å². The number of hydrogen-bond acceptors (Lipinski definition) is 3. The molecule has 5 nitrogen and oxygen atoms in total. The third-order valence-electron chi connectivity index (χ3n) is 3.50. The standard InChI is InChI=1S/C17H21BrN4OS/c1-11-4-5-13(18)8-14(11)22-16(23)10-21-17(19-3)20-9-15-12(2)6-7-24-15/h4-8H,9-10H2,1-3H3,(H,22,23)(H2,19,20,21). The second-order valence-electron chi connectivity index (χ2n) is 5.31. The van der Waals surface area contributed by atoms with Crippen molar-refractivity contribution in [2.24, 2.45) is 4.99 Å². The minimum absolute atomic E-state index is 0.119. The largest absolute Gasteiger partial charge is 0.352 e. The van der Waals surface area contributed by atoms with Gasteiger partial charge >= 0.3 is 0 Å². The lowest BCUT2D eigenvalue weighted by molar-refractivity contribution is -0.115. The van der Waals surface area contributed by atoms with Gasteiger partial charge in [-0.05, 0) is 48.6 Å². The fraction of sp³-hybridized carbons (Fsp3) is 0.294. The number of guanidine groups is 1. The molecule has 1 aromatic carbocycles. The first kappa shape index (κ1) is 18.5. The second-order valence-corrected chi connectivity index (χ2v) is 7.23. The Morgan fingerprint density at radius 2 is 2.00 bits per heavy atom. The van der Waals surface area contributed by atoms with E-state index in [0.29, 0.717) is 12.5 Å². The van der Waals surface area contributed by atoms with E-state index < -0.39 is 0 Å². The molecule has 0 saturated carbocycles. The van der Waals surface area contributed by atoms with Crippen molar-refractivity contribution in [3.8, 4) is 0 Å². The van der Waals surface area contributed by atoms with Gasteiger partial charge in [0.05, 0.1) is 13.1 Å². The zero-order chi connectivity index (χ0) is 17.5. The maximum absolute atomic E-state index is 12.1. The molecule has 128 valence electrons. The molecule has 0 saturated heterocycles. The number of nitrogens with one attached hydrogen (secondary N) is 3. The molecule has 2 aromatic rings. The predicted octanol–water partition coefficient (Wildman–Crippen LogP) is 3.43. The van der Waals surface area contributed by atoms with Crippen LogP contribution in [0.5, 0.6) is 0 Å². The molecule has 1 heterocycles. The maximum atomic E-state index is 12.1. The molecule has 0 unspecified atom stereocenters. The summed E-state index contributed by atoms with van der Waals surface area (Å²) in [5.41, 5.74) is 3.07. The molecule has 0 bridgehead atoms. The maximum Gasteiger partial charge on any atom is 0.243 e. The van der Waals surface area contributed by atoms with Gasteiger partial charge in [0.25, 0.3) is 0 Å². The molecule has 1 amide bonds. The van der Waals surface area contributed by atoms with Crippen molar-refractivity contribution < 1.29 is 4.79 Å². The summed E-state index contributed by atoms with van der Waals surface area (Å²) in [5.74, 6) is 0.482. The first-order valence-electron chi connectivity index (χ1n) is 7.53. The summed E-state index contributed by atoms with van der Waals surface area (Å²) in [6.45, 7) is 4.88. The molecule has 2 rings (SSSR count). The van der Waals surface area contributed by atoms with E-state index in [1.807, 2.05) is 25.1 Å². The average molecular weight is 409 g/mol. The smallest absolute Gasteiger partial charge is 0.243 e. The third-order valence-corrected chi connectivity index (χ3v) is 5.01. The van der Waals surface area contributed by atoms with Crippen molar-refractivity contribution in [2.75, 3.05) is 18.9 Å². The lowest BCUT2D eigenvalue weighted by atomic mass is 10.2. The summed E-state index contributed by atoms with van der Waals surface area (Å²) in [6, 6.07) is 7.88. The van der Waals surface area contributed by atoms with E-state index in [1.54, 1.807) is 18.4 Å². The van der Waals surface area contributed by atoms with Crippen LogP contribution in [0.15, 0.2) is 39.1 Å². The van der Waals surface area contributed by atoms with Gasteiger partial charge in [-0.15, -0.1) is 11.3 Å². The summed E-state index contributed by atoms with van der Waals surface area (Å²) in [4.78, 5) is 17.5. The van der Waals surface area contributed by atoms with Crippen LogP contribution in [0.2, 0.25) is 0 Å².